The number of aliphatic hydroxyl groups excluding tert-OH is 1. The van der Waals surface area contributed by atoms with Crippen LogP contribution in [0.2, 0.25) is 10.0 Å². The number of carboxylic acids is 2. The summed E-state index contributed by atoms with van der Waals surface area (Å²) in [5.41, 5.74) is 2.56. The fraction of sp³-hybridized carbons (Fsp3) is 0.0714. The number of hydrogen-bond acceptors (Lipinski definition) is 5. The van der Waals surface area contributed by atoms with E-state index < -0.39 is 46.6 Å². The number of aromatic nitrogens is 1. The first-order valence-corrected chi connectivity index (χ1v) is 7.06. The number of nitrogens with one attached hydrogen (secondary N) is 1. The highest BCUT2D eigenvalue weighted by atomic mass is 35.5. The smallest absolute Gasteiger partial charge is 0.342 e. The van der Waals surface area contributed by atoms with Gasteiger partial charge in [0.2, 0.25) is 0 Å². The van der Waals surface area contributed by atoms with Gasteiger partial charge in [0.05, 0.1) is 16.7 Å². The zero-order chi connectivity index (χ0) is 18.2. The highest BCUT2D eigenvalue weighted by molar-refractivity contribution is 6.40. The zero-order valence-corrected chi connectivity index (χ0v) is 13.3. The number of carbonyl (C=O) groups is 2. The Hall–Kier alpha value is -2.55. The summed E-state index contributed by atoms with van der Waals surface area (Å²) in [6.07, 6.45) is 0. The maximum atomic E-state index is 12.0. The van der Waals surface area contributed by atoms with Crippen molar-refractivity contribution in [2.24, 2.45) is 0 Å². The van der Waals surface area contributed by atoms with Crippen molar-refractivity contribution in [1.82, 2.24) is 4.98 Å². The summed E-state index contributed by atoms with van der Waals surface area (Å²) in [5.74, 6) is -3.78. The Morgan fingerprint density at radius 2 is 1.54 bits per heavy atom. The van der Waals surface area contributed by atoms with Gasteiger partial charge in [-0.2, -0.15) is 0 Å². The molecule has 0 fully saturated rings. The first kappa shape index (κ1) is 17.8. The summed E-state index contributed by atoms with van der Waals surface area (Å²) in [6, 6.07) is 2.55. The van der Waals surface area contributed by atoms with Crippen molar-refractivity contribution in [3.8, 4) is 11.1 Å². The molecule has 0 radical (unpaired) electrons. The van der Waals surface area contributed by atoms with E-state index in [9.17, 15) is 24.6 Å². The topological polar surface area (TPSA) is 154 Å². The molecular weight excluding hydrogens is 363 g/mol. The van der Waals surface area contributed by atoms with E-state index in [1.807, 2.05) is 4.98 Å². The van der Waals surface area contributed by atoms with Crippen molar-refractivity contribution in [2.75, 3.05) is 5.73 Å². The van der Waals surface area contributed by atoms with E-state index in [2.05, 4.69) is 0 Å². The van der Waals surface area contributed by atoms with Gasteiger partial charge in [-0.25, -0.2) is 9.59 Å². The fourth-order valence-electron chi connectivity index (χ4n) is 2.25. The normalized spacial score (nSPS) is 10.6. The molecule has 126 valence electrons. The Labute approximate surface area is 144 Å². The molecule has 0 spiro atoms. The van der Waals surface area contributed by atoms with E-state index in [-0.39, 0.29) is 15.6 Å². The second-order valence-electron chi connectivity index (χ2n) is 4.70. The summed E-state index contributed by atoms with van der Waals surface area (Å²) in [5, 5.41) is 27.5. The summed E-state index contributed by atoms with van der Waals surface area (Å²) in [4.78, 5) is 36.9. The molecule has 0 bridgehead atoms. The number of rotatable bonds is 4. The summed E-state index contributed by atoms with van der Waals surface area (Å²) >= 11 is 12.1. The van der Waals surface area contributed by atoms with E-state index in [0.29, 0.717) is 5.56 Å². The Kier molecular flexibility index (Phi) is 4.83. The molecule has 0 aliphatic carbocycles. The lowest BCUT2D eigenvalue weighted by molar-refractivity contribution is 0.0695. The molecule has 0 saturated heterocycles. The molecule has 8 nitrogen and oxygen atoms in total. The van der Waals surface area contributed by atoms with Gasteiger partial charge in [-0.3, -0.25) is 4.79 Å². The number of nitrogen functional groups attached to an aromatic ring is 1. The van der Waals surface area contributed by atoms with Crippen molar-refractivity contribution >= 4 is 41.0 Å². The van der Waals surface area contributed by atoms with Crippen molar-refractivity contribution in [2.45, 2.75) is 6.61 Å². The number of halogens is 2. The van der Waals surface area contributed by atoms with Crippen LogP contribution in [0.4, 0.5) is 5.82 Å². The predicted molar refractivity (Wildman–Crippen MR) is 86.8 cm³/mol. The van der Waals surface area contributed by atoms with Crippen LogP contribution in [0.1, 0.15) is 26.3 Å². The monoisotopic (exact) mass is 372 g/mol. The van der Waals surface area contributed by atoms with Gasteiger partial charge in [0.25, 0.3) is 5.56 Å². The van der Waals surface area contributed by atoms with Gasteiger partial charge in [-0.1, -0.05) is 23.2 Å². The van der Waals surface area contributed by atoms with Crippen LogP contribution in [0.15, 0.2) is 16.9 Å². The SMILES string of the molecule is Nc1[nH]c(=O)c(C(=O)O)c(-c2c(Cl)cc(CO)cc2Cl)c1C(=O)O. The second-order valence-corrected chi connectivity index (χ2v) is 5.51. The van der Waals surface area contributed by atoms with Crippen LogP contribution in [0, 0.1) is 0 Å². The van der Waals surface area contributed by atoms with Crippen molar-refractivity contribution < 1.29 is 24.9 Å². The fourth-order valence-corrected chi connectivity index (χ4v) is 2.97. The van der Waals surface area contributed by atoms with E-state index in [0.717, 1.165) is 0 Å². The number of anilines is 1. The third-order valence-electron chi connectivity index (χ3n) is 3.21. The molecule has 1 aromatic carbocycles. The minimum Gasteiger partial charge on any atom is -0.478 e. The lowest BCUT2D eigenvalue weighted by Crippen LogP contribution is -2.24. The summed E-state index contributed by atoms with van der Waals surface area (Å²) in [6.45, 7) is -0.394. The van der Waals surface area contributed by atoms with Crippen molar-refractivity contribution in [1.29, 1.82) is 0 Å². The Balaban J connectivity index is 3.06. The van der Waals surface area contributed by atoms with Gasteiger partial charge >= 0.3 is 11.9 Å². The molecule has 10 heteroatoms. The maximum Gasteiger partial charge on any atom is 0.342 e. The predicted octanol–water partition coefficient (Wildman–Crippen LogP) is 1.82. The quantitative estimate of drug-likeness (QED) is 0.548. The van der Waals surface area contributed by atoms with E-state index in [4.69, 9.17) is 34.0 Å². The van der Waals surface area contributed by atoms with Gasteiger partial charge in [-0.15, -0.1) is 0 Å². The number of aliphatic hydroxyl groups is 1. The summed E-state index contributed by atoms with van der Waals surface area (Å²) in [7, 11) is 0. The van der Waals surface area contributed by atoms with Gasteiger partial charge in [0.1, 0.15) is 16.9 Å². The van der Waals surface area contributed by atoms with Crippen LogP contribution in [-0.4, -0.2) is 32.2 Å². The molecule has 0 atom stereocenters. The van der Waals surface area contributed by atoms with E-state index >= 15 is 0 Å². The highest BCUT2D eigenvalue weighted by Crippen LogP contribution is 2.40. The second kappa shape index (κ2) is 6.52. The van der Waals surface area contributed by atoms with Crippen LogP contribution >= 0.6 is 23.2 Å². The first-order valence-electron chi connectivity index (χ1n) is 6.30. The van der Waals surface area contributed by atoms with Crippen LogP contribution < -0.4 is 11.3 Å². The van der Waals surface area contributed by atoms with Gasteiger partial charge in [-0.05, 0) is 17.7 Å². The first-order chi connectivity index (χ1) is 11.2. The molecule has 24 heavy (non-hydrogen) atoms. The number of hydrogen-bond donors (Lipinski definition) is 5. The molecule has 0 amide bonds. The third kappa shape index (κ3) is 2.94. The number of H-pyrrole nitrogens is 1. The number of benzene rings is 1. The molecule has 1 aromatic heterocycles. The highest BCUT2D eigenvalue weighted by Gasteiger charge is 2.29. The average molecular weight is 373 g/mol. The standard InChI is InChI=1S/C14H10Cl2N2O6/c15-5-1-4(3-19)2-6(16)7(5)8-9(13(21)22)11(17)18-12(20)10(8)14(23)24/h1-2,19H,3H2,(H,21,22)(H,23,24)(H3,17,18,20). The van der Waals surface area contributed by atoms with Gasteiger partial charge in [0.15, 0.2) is 0 Å². The Morgan fingerprint density at radius 1 is 1.04 bits per heavy atom. The van der Waals surface area contributed by atoms with Gasteiger partial charge in [0, 0.05) is 11.1 Å². The zero-order valence-electron chi connectivity index (χ0n) is 11.8. The number of aromatic amines is 1. The Morgan fingerprint density at radius 3 is 1.96 bits per heavy atom. The largest absolute Gasteiger partial charge is 0.478 e. The average Bonchev–Trinajstić information content (AvgIpc) is 2.44. The maximum absolute atomic E-state index is 12.0. The van der Waals surface area contributed by atoms with E-state index in [1.54, 1.807) is 0 Å². The lowest BCUT2D eigenvalue weighted by atomic mass is 9.94. The lowest BCUT2D eigenvalue weighted by Gasteiger charge is -2.15. The molecule has 0 aliphatic heterocycles. The Bertz CT molecular complexity index is 899. The van der Waals surface area contributed by atoms with Gasteiger partial charge < -0.3 is 26.0 Å². The van der Waals surface area contributed by atoms with Crippen LogP contribution in [0.3, 0.4) is 0 Å². The number of aromatic carboxylic acids is 2. The van der Waals surface area contributed by atoms with Crippen molar-refractivity contribution in [3.05, 3.63) is 49.2 Å². The third-order valence-corrected chi connectivity index (χ3v) is 3.80. The molecule has 1 heterocycles. The van der Waals surface area contributed by atoms with Crippen molar-refractivity contribution in [3.63, 3.8) is 0 Å². The molecule has 0 unspecified atom stereocenters. The molecule has 2 rings (SSSR count). The van der Waals surface area contributed by atoms with Crippen LogP contribution in [0.5, 0.6) is 0 Å². The minimum absolute atomic E-state index is 0.137. The molecule has 6 N–H and O–H groups in total. The molecule has 0 aliphatic rings. The number of pyridine rings is 1. The molecule has 2 aromatic rings. The molecule has 0 saturated carbocycles. The number of carboxylic acid groups (broad SMARTS) is 2. The van der Waals surface area contributed by atoms with E-state index in [1.165, 1.54) is 12.1 Å². The van der Waals surface area contributed by atoms with Crippen LogP contribution in [0.25, 0.3) is 11.1 Å². The van der Waals surface area contributed by atoms with Crippen LogP contribution in [-0.2, 0) is 6.61 Å². The summed E-state index contributed by atoms with van der Waals surface area (Å²) < 4.78 is 0. The minimum atomic E-state index is -1.67. The number of nitrogens with two attached hydrogens (primary N) is 1. The molecular formula is C14H10Cl2N2O6.